The van der Waals surface area contributed by atoms with Gasteiger partial charge in [-0.25, -0.2) is 4.79 Å². The summed E-state index contributed by atoms with van der Waals surface area (Å²) in [6.07, 6.45) is 0. The van der Waals surface area contributed by atoms with Crippen LogP contribution in [0.5, 0.6) is 0 Å². The Labute approximate surface area is 124 Å². The monoisotopic (exact) mass is 377 g/mol. The molecule has 0 saturated carbocycles. The maximum atomic E-state index is 11.0. The van der Waals surface area contributed by atoms with Crippen LogP contribution in [-0.2, 0) is 0 Å². The Kier molecular flexibility index (Phi) is 6.15. The number of halogens is 2. The summed E-state index contributed by atoms with van der Waals surface area (Å²) in [5.41, 5.74) is 1.26. The lowest BCUT2D eigenvalue weighted by Gasteiger charge is -2.27. The lowest BCUT2D eigenvalue weighted by atomic mass is 10.2. The van der Waals surface area contributed by atoms with Crippen LogP contribution < -0.4 is 4.90 Å². The van der Waals surface area contributed by atoms with Crippen molar-refractivity contribution in [3.8, 4) is 0 Å². The van der Waals surface area contributed by atoms with Gasteiger partial charge < -0.3 is 10.0 Å². The van der Waals surface area contributed by atoms with Gasteiger partial charge in [-0.05, 0) is 18.2 Å². The van der Waals surface area contributed by atoms with Crippen molar-refractivity contribution in [1.29, 1.82) is 0 Å². The molecule has 0 saturated heterocycles. The molecule has 1 N–H and O–H groups in total. The average Bonchev–Trinajstić information content (AvgIpc) is 2.27. The van der Waals surface area contributed by atoms with Crippen LogP contribution in [-0.4, -0.2) is 33.8 Å². The molecule has 0 aliphatic rings. The number of carboxylic acids is 1. The first-order valence-electron chi connectivity index (χ1n) is 5.76. The summed E-state index contributed by atoms with van der Waals surface area (Å²) in [5.74, 6) is -0.893. The molecule has 0 spiro atoms. The smallest absolute Gasteiger partial charge is 0.335 e. The number of alkyl halides is 2. The number of aromatic carboxylic acids is 1. The summed E-state index contributed by atoms with van der Waals surface area (Å²) in [6.45, 7) is 5.82. The molecule has 0 radical (unpaired) electrons. The number of benzene rings is 1. The third kappa shape index (κ3) is 4.98. The van der Waals surface area contributed by atoms with Gasteiger partial charge in [0.25, 0.3) is 0 Å². The van der Waals surface area contributed by atoms with Crippen LogP contribution in [0, 0.1) is 0 Å². The molecular formula is C13H17Br2NO2. The molecule has 1 rings (SSSR count). The van der Waals surface area contributed by atoms with E-state index in [0.717, 1.165) is 18.8 Å². The molecule has 0 fully saturated rings. The van der Waals surface area contributed by atoms with E-state index in [4.69, 9.17) is 5.11 Å². The lowest BCUT2D eigenvalue weighted by Crippen LogP contribution is -2.33. The summed E-state index contributed by atoms with van der Waals surface area (Å²) in [6, 6.07) is 7.05. The SMILES string of the molecule is CC(Br)CN(CC(C)Br)c1cccc(C(=O)O)c1. The van der Waals surface area contributed by atoms with E-state index in [1.807, 2.05) is 6.07 Å². The molecule has 0 aliphatic heterocycles. The van der Waals surface area contributed by atoms with Crippen molar-refractivity contribution >= 4 is 43.5 Å². The van der Waals surface area contributed by atoms with E-state index in [1.54, 1.807) is 18.2 Å². The molecule has 18 heavy (non-hydrogen) atoms. The fourth-order valence-corrected chi connectivity index (χ4v) is 2.43. The van der Waals surface area contributed by atoms with Crippen LogP contribution in [0.3, 0.4) is 0 Å². The second-order valence-corrected chi connectivity index (χ2v) is 7.45. The largest absolute Gasteiger partial charge is 0.478 e. The van der Waals surface area contributed by atoms with Crippen molar-refractivity contribution in [2.75, 3.05) is 18.0 Å². The van der Waals surface area contributed by atoms with Gasteiger partial charge in [0.1, 0.15) is 0 Å². The Bertz CT molecular complexity index is 398. The topological polar surface area (TPSA) is 40.5 Å². The molecule has 5 heteroatoms. The molecule has 0 amide bonds. The van der Waals surface area contributed by atoms with Crippen LogP contribution in [0.25, 0.3) is 0 Å². The maximum absolute atomic E-state index is 11.0. The first-order chi connectivity index (χ1) is 8.40. The first-order valence-corrected chi connectivity index (χ1v) is 7.59. The van der Waals surface area contributed by atoms with Crippen molar-refractivity contribution in [3.05, 3.63) is 29.8 Å². The van der Waals surface area contributed by atoms with E-state index < -0.39 is 5.97 Å². The minimum absolute atomic E-state index is 0.321. The number of carbonyl (C=O) groups is 1. The molecule has 2 unspecified atom stereocenters. The van der Waals surface area contributed by atoms with Gasteiger partial charge in [-0.3, -0.25) is 0 Å². The summed E-state index contributed by atoms with van der Waals surface area (Å²) < 4.78 is 0. The molecule has 1 aromatic rings. The van der Waals surface area contributed by atoms with Crippen LogP contribution >= 0.6 is 31.9 Å². The fraction of sp³-hybridized carbons (Fsp3) is 0.462. The number of hydrogen-bond donors (Lipinski definition) is 1. The van der Waals surface area contributed by atoms with Crippen LogP contribution in [0.15, 0.2) is 24.3 Å². The number of nitrogens with zero attached hydrogens (tertiary/aromatic N) is 1. The molecule has 3 nitrogen and oxygen atoms in total. The quantitative estimate of drug-likeness (QED) is 0.766. The molecule has 100 valence electrons. The van der Waals surface area contributed by atoms with Gasteiger partial charge in [0, 0.05) is 28.4 Å². The van der Waals surface area contributed by atoms with E-state index >= 15 is 0 Å². The van der Waals surface area contributed by atoms with Gasteiger partial charge in [-0.2, -0.15) is 0 Å². The van der Waals surface area contributed by atoms with Gasteiger partial charge in [-0.1, -0.05) is 51.8 Å². The van der Waals surface area contributed by atoms with E-state index in [0.29, 0.717) is 15.2 Å². The second-order valence-electron chi connectivity index (χ2n) is 4.32. The molecule has 2 atom stereocenters. The van der Waals surface area contributed by atoms with Crippen molar-refractivity contribution < 1.29 is 9.90 Å². The molecule has 0 heterocycles. The predicted molar refractivity (Wildman–Crippen MR) is 82.4 cm³/mol. The predicted octanol–water partition coefficient (Wildman–Crippen LogP) is 3.76. The Morgan fingerprint density at radius 3 is 2.28 bits per heavy atom. The Morgan fingerprint density at radius 1 is 1.28 bits per heavy atom. The van der Waals surface area contributed by atoms with Gasteiger partial charge in [0.2, 0.25) is 0 Å². The minimum Gasteiger partial charge on any atom is -0.478 e. The Hall–Kier alpha value is -0.550. The van der Waals surface area contributed by atoms with Crippen molar-refractivity contribution in [3.63, 3.8) is 0 Å². The van der Waals surface area contributed by atoms with Crippen LogP contribution in [0.1, 0.15) is 24.2 Å². The maximum Gasteiger partial charge on any atom is 0.335 e. The summed E-state index contributed by atoms with van der Waals surface area (Å²) in [5, 5.41) is 9.02. The molecule has 1 aromatic carbocycles. The Morgan fingerprint density at radius 2 is 1.83 bits per heavy atom. The third-order valence-corrected chi connectivity index (χ3v) is 2.98. The van der Waals surface area contributed by atoms with E-state index in [1.165, 1.54) is 0 Å². The van der Waals surface area contributed by atoms with Gasteiger partial charge in [-0.15, -0.1) is 0 Å². The van der Waals surface area contributed by atoms with Crippen molar-refractivity contribution in [2.45, 2.75) is 23.5 Å². The summed E-state index contributed by atoms with van der Waals surface area (Å²) >= 11 is 7.07. The standard InChI is InChI=1S/C13H17Br2NO2/c1-9(14)7-16(8-10(2)15)12-5-3-4-11(6-12)13(17)18/h3-6,9-10H,7-8H2,1-2H3,(H,17,18). The number of carboxylic acid groups (broad SMARTS) is 1. The van der Waals surface area contributed by atoms with Crippen LogP contribution in [0.4, 0.5) is 5.69 Å². The zero-order chi connectivity index (χ0) is 13.7. The van der Waals surface area contributed by atoms with E-state index in [9.17, 15) is 4.79 Å². The normalized spacial score (nSPS) is 14.0. The first kappa shape index (κ1) is 15.5. The zero-order valence-corrected chi connectivity index (χ0v) is 13.6. The lowest BCUT2D eigenvalue weighted by molar-refractivity contribution is 0.0697. The van der Waals surface area contributed by atoms with E-state index in [2.05, 4.69) is 50.6 Å². The molecule has 0 bridgehead atoms. The average molecular weight is 379 g/mol. The number of anilines is 1. The highest BCUT2D eigenvalue weighted by Gasteiger charge is 2.13. The van der Waals surface area contributed by atoms with E-state index in [-0.39, 0.29) is 0 Å². The third-order valence-electron chi connectivity index (χ3n) is 2.40. The highest BCUT2D eigenvalue weighted by atomic mass is 79.9. The molecular weight excluding hydrogens is 362 g/mol. The number of hydrogen-bond acceptors (Lipinski definition) is 2. The van der Waals surface area contributed by atoms with Gasteiger partial charge >= 0.3 is 5.97 Å². The van der Waals surface area contributed by atoms with Crippen molar-refractivity contribution in [2.24, 2.45) is 0 Å². The highest BCUT2D eigenvalue weighted by molar-refractivity contribution is 9.09. The molecule has 0 aliphatic carbocycles. The van der Waals surface area contributed by atoms with Crippen molar-refractivity contribution in [1.82, 2.24) is 0 Å². The highest BCUT2D eigenvalue weighted by Crippen LogP contribution is 2.19. The van der Waals surface area contributed by atoms with Gasteiger partial charge in [0.15, 0.2) is 0 Å². The zero-order valence-electron chi connectivity index (χ0n) is 10.4. The number of rotatable bonds is 6. The second kappa shape index (κ2) is 7.14. The summed E-state index contributed by atoms with van der Waals surface area (Å²) in [4.78, 5) is 13.8. The fourth-order valence-electron chi connectivity index (χ4n) is 1.73. The minimum atomic E-state index is -0.893. The summed E-state index contributed by atoms with van der Waals surface area (Å²) in [7, 11) is 0. The van der Waals surface area contributed by atoms with Crippen LogP contribution in [0.2, 0.25) is 0 Å². The molecule has 0 aromatic heterocycles. The Balaban J connectivity index is 2.96. The van der Waals surface area contributed by atoms with Gasteiger partial charge in [0.05, 0.1) is 5.56 Å².